The van der Waals surface area contributed by atoms with E-state index in [-0.39, 0.29) is 17.9 Å². The van der Waals surface area contributed by atoms with Gasteiger partial charge in [-0.15, -0.1) is 11.3 Å². The van der Waals surface area contributed by atoms with Crippen LogP contribution < -0.4 is 10.6 Å². The van der Waals surface area contributed by atoms with Crippen molar-refractivity contribution in [1.82, 2.24) is 10.3 Å². The number of benzene rings is 3. The molecule has 0 aliphatic carbocycles. The zero-order valence-electron chi connectivity index (χ0n) is 19.1. The van der Waals surface area contributed by atoms with Gasteiger partial charge in [-0.1, -0.05) is 60.3 Å². The van der Waals surface area contributed by atoms with Crippen LogP contribution in [0.2, 0.25) is 0 Å². The van der Waals surface area contributed by atoms with Crippen molar-refractivity contribution in [2.45, 2.75) is 29.7 Å². The first-order valence-corrected chi connectivity index (χ1v) is 12.5. The molecule has 0 unspecified atom stereocenters. The summed E-state index contributed by atoms with van der Waals surface area (Å²) in [4.78, 5) is 30.5. The van der Waals surface area contributed by atoms with Crippen LogP contribution in [0.5, 0.6) is 0 Å². The molecule has 4 rings (SSSR count). The molecule has 2 N–H and O–H groups in total. The summed E-state index contributed by atoms with van der Waals surface area (Å²) in [6, 6.07) is 24.6. The van der Waals surface area contributed by atoms with E-state index in [0.717, 1.165) is 26.6 Å². The molecule has 4 aromatic rings. The van der Waals surface area contributed by atoms with E-state index in [2.05, 4.69) is 21.7 Å². The van der Waals surface area contributed by atoms with Crippen LogP contribution in [0.3, 0.4) is 0 Å². The molecular formula is C27H22N4O2S2. The fourth-order valence-electron chi connectivity index (χ4n) is 3.47. The fraction of sp³-hybridized carbons (Fsp3) is 0.111. The van der Waals surface area contributed by atoms with Crippen LogP contribution in [-0.4, -0.2) is 16.8 Å². The van der Waals surface area contributed by atoms with Gasteiger partial charge in [-0.2, -0.15) is 5.26 Å². The molecule has 0 bridgehead atoms. The van der Waals surface area contributed by atoms with E-state index in [0.29, 0.717) is 16.3 Å². The number of thiazole rings is 1. The quantitative estimate of drug-likeness (QED) is 0.313. The summed E-state index contributed by atoms with van der Waals surface area (Å²) in [5, 5.41) is 17.5. The predicted molar refractivity (Wildman–Crippen MR) is 139 cm³/mol. The van der Waals surface area contributed by atoms with Crippen molar-refractivity contribution in [2.24, 2.45) is 0 Å². The average Bonchev–Trinajstić information content (AvgIpc) is 3.33. The molecule has 1 aromatic heterocycles. The number of hydrogen-bond donors (Lipinski definition) is 2. The molecule has 1 heterocycles. The zero-order chi connectivity index (χ0) is 24.8. The lowest BCUT2D eigenvalue weighted by molar-refractivity contribution is -0.119. The van der Waals surface area contributed by atoms with Gasteiger partial charge in [-0.05, 0) is 36.8 Å². The Morgan fingerprint density at radius 2 is 1.69 bits per heavy atom. The Labute approximate surface area is 212 Å². The molecule has 0 radical (unpaired) electrons. The summed E-state index contributed by atoms with van der Waals surface area (Å²) in [7, 11) is 0. The summed E-state index contributed by atoms with van der Waals surface area (Å²) in [5.41, 5.74) is 3.76. The maximum Gasteiger partial charge on any atom is 0.258 e. The van der Waals surface area contributed by atoms with Crippen molar-refractivity contribution >= 4 is 40.0 Å². The molecule has 6 nitrogen and oxygen atoms in total. The molecule has 8 heteroatoms. The van der Waals surface area contributed by atoms with Gasteiger partial charge in [0.15, 0.2) is 5.13 Å². The molecule has 0 saturated carbocycles. The van der Waals surface area contributed by atoms with Crippen LogP contribution in [0.15, 0.2) is 88.0 Å². The number of nitrogens with zero attached hydrogens (tertiary/aromatic N) is 2. The second kappa shape index (κ2) is 11.0. The van der Waals surface area contributed by atoms with Crippen LogP contribution in [-0.2, 0) is 4.79 Å². The summed E-state index contributed by atoms with van der Waals surface area (Å²) in [6.45, 7) is 3.43. The molecule has 0 aliphatic rings. The topological polar surface area (TPSA) is 94.9 Å². The van der Waals surface area contributed by atoms with Crippen molar-refractivity contribution in [3.05, 3.63) is 94.9 Å². The number of aromatic nitrogens is 1. The SMILES string of the molecule is CC(=O)N[C@H](C)c1ccc(-c2csc(NC(=O)c3ccccc3Sc3ccccc3C#N)n2)cc1. The van der Waals surface area contributed by atoms with E-state index in [9.17, 15) is 14.9 Å². The first kappa shape index (κ1) is 24.2. The van der Waals surface area contributed by atoms with Gasteiger partial charge in [0.25, 0.3) is 5.91 Å². The van der Waals surface area contributed by atoms with Crippen LogP contribution >= 0.6 is 23.1 Å². The monoisotopic (exact) mass is 498 g/mol. The lowest BCUT2D eigenvalue weighted by Crippen LogP contribution is -2.23. The highest BCUT2D eigenvalue weighted by molar-refractivity contribution is 7.99. The lowest BCUT2D eigenvalue weighted by atomic mass is 10.1. The number of carbonyl (C=O) groups is 2. The molecular weight excluding hydrogens is 476 g/mol. The van der Waals surface area contributed by atoms with Crippen molar-refractivity contribution in [1.29, 1.82) is 5.26 Å². The van der Waals surface area contributed by atoms with Gasteiger partial charge >= 0.3 is 0 Å². The summed E-state index contributed by atoms with van der Waals surface area (Å²) in [6.07, 6.45) is 0. The zero-order valence-corrected chi connectivity index (χ0v) is 20.7. The molecule has 0 aliphatic heterocycles. The standard InChI is InChI=1S/C27H22N4O2S2/c1-17(29-18(2)32)19-11-13-20(14-12-19)23-16-34-27(30-23)31-26(33)22-8-4-6-10-25(22)35-24-9-5-3-7-21(24)15-28/h3-14,16-17H,1-2H3,(H,29,32)(H,30,31,33)/t17-/m1/s1. The smallest absolute Gasteiger partial charge is 0.258 e. The van der Waals surface area contributed by atoms with Gasteiger partial charge in [0.2, 0.25) is 5.91 Å². The number of anilines is 1. The molecule has 0 fully saturated rings. The molecule has 0 spiro atoms. The Bertz CT molecular complexity index is 1410. The van der Waals surface area contributed by atoms with Gasteiger partial charge < -0.3 is 5.32 Å². The van der Waals surface area contributed by atoms with Crippen LogP contribution in [0.4, 0.5) is 5.13 Å². The molecule has 174 valence electrons. The number of carbonyl (C=O) groups excluding carboxylic acids is 2. The van der Waals surface area contributed by atoms with Gasteiger partial charge in [0, 0.05) is 27.7 Å². The third-order valence-corrected chi connectivity index (χ3v) is 7.12. The molecule has 35 heavy (non-hydrogen) atoms. The molecule has 1 atom stereocenters. The fourth-order valence-corrected chi connectivity index (χ4v) is 5.21. The highest BCUT2D eigenvalue weighted by atomic mass is 32.2. The van der Waals surface area contributed by atoms with Gasteiger partial charge in [0.05, 0.1) is 22.9 Å². The maximum atomic E-state index is 13.1. The Kier molecular flexibility index (Phi) is 7.60. The lowest BCUT2D eigenvalue weighted by Gasteiger charge is -2.13. The highest BCUT2D eigenvalue weighted by Crippen LogP contribution is 2.33. The molecule has 0 saturated heterocycles. The third-order valence-electron chi connectivity index (χ3n) is 5.21. The third kappa shape index (κ3) is 5.96. The number of hydrogen-bond acceptors (Lipinski definition) is 6. The van der Waals surface area contributed by atoms with Crippen molar-refractivity contribution in [2.75, 3.05) is 5.32 Å². The average molecular weight is 499 g/mol. The van der Waals surface area contributed by atoms with Crippen molar-refractivity contribution < 1.29 is 9.59 Å². The Balaban J connectivity index is 1.48. The summed E-state index contributed by atoms with van der Waals surface area (Å²) >= 11 is 2.74. The predicted octanol–water partition coefficient (Wildman–Crippen LogP) is 6.28. The first-order chi connectivity index (χ1) is 16.9. The Hall–Kier alpha value is -3.93. The largest absolute Gasteiger partial charge is 0.350 e. The van der Waals surface area contributed by atoms with E-state index in [1.54, 1.807) is 12.1 Å². The first-order valence-electron chi connectivity index (χ1n) is 10.8. The van der Waals surface area contributed by atoms with E-state index in [1.807, 2.05) is 73.0 Å². The van der Waals surface area contributed by atoms with Crippen LogP contribution in [0, 0.1) is 11.3 Å². The normalized spacial score (nSPS) is 11.3. The van der Waals surface area contributed by atoms with Gasteiger partial charge in [0.1, 0.15) is 6.07 Å². The second-order valence-electron chi connectivity index (χ2n) is 7.74. The minimum absolute atomic E-state index is 0.0734. The minimum atomic E-state index is -0.261. The number of nitrogens with one attached hydrogen (secondary N) is 2. The van der Waals surface area contributed by atoms with Crippen LogP contribution in [0.1, 0.15) is 41.4 Å². The Morgan fingerprint density at radius 3 is 2.40 bits per heavy atom. The number of amides is 2. The van der Waals surface area contributed by atoms with Crippen molar-refractivity contribution in [3.8, 4) is 17.3 Å². The second-order valence-corrected chi connectivity index (χ2v) is 9.68. The summed E-state index contributed by atoms with van der Waals surface area (Å²) in [5.74, 6) is -0.335. The highest BCUT2D eigenvalue weighted by Gasteiger charge is 2.16. The number of rotatable bonds is 7. The number of nitriles is 1. The van der Waals surface area contributed by atoms with E-state index in [4.69, 9.17) is 0 Å². The van der Waals surface area contributed by atoms with E-state index >= 15 is 0 Å². The van der Waals surface area contributed by atoms with Gasteiger partial charge in [-0.3, -0.25) is 14.9 Å². The van der Waals surface area contributed by atoms with Crippen molar-refractivity contribution in [3.63, 3.8) is 0 Å². The van der Waals surface area contributed by atoms with E-state index < -0.39 is 0 Å². The van der Waals surface area contributed by atoms with Crippen LogP contribution in [0.25, 0.3) is 11.3 Å². The van der Waals surface area contributed by atoms with Gasteiger partial charge in [-0.25, -0.2) is 4.98 Å². The molecule has 3 aromatic carbocycles. The van der Waals surface area contributed by atoms with E-state index in [1.165, 1.54) is 30.0 Å². The maximum absolute atomic E-state index is 13.1. The Morgan fingerprint density at radius 1 is 1.00 bits per heavy atom. The summed E-state index contributed by atoms with van der Waals surface area (Å²) < 4.78 is 0. The minimum Gasteiger partial charge on any atom is -0.350 e. The molecule has 2 amide bonds.